The van der Waals surface area contributed by atoms with E-state index in [-0.39, 0.29) is 11.8 Å². The molecule has 4 aliphatic carbocycles. The lowest BCUT2D eigenvalue weighted by molar-refractivity contribution is -0.166. The van der Waals surface area contributed by atoms with Crippen LogP contribution in [0.1, 0.15) is 44.9 Å². The first-order valence-electron chi connectivity index (χ1n) is 6.22. The van der Waals surface area contributed by atoms with Crippen LogP contribution in [0.4, 0.5) is 0 Å². The van der Waals surface area contributed by atoms with Crippen molar-refractivity contribution in [2.24, 2.45) is 22.7 Å². The predicted octanol–water partition coefficient (Wildman–Crippen LogP) is 2.57. The van der Waals surface area contributed by atoms with E-state index in [1.807, 2.05) is 0 Å². The third kappa shape index (κ3) is 1.10. The van der Waals surface area contributed by atoms with Gasteiger partial charge in [-0.1, -0.05) is 0 Å². The molecular formula is C13H17NO2. The summed E-state index contributed by atoms with van der Waals surface area (Å²) >= 11 is 0. The molecule has 2 atom stereocenters. The third-order valence-corrected chi connectivity index (χ3v) is 5.37. The number of carboxylic acids is 1. The van der Waals surface area contributed by atoms with Gasteiger partial charge in [0.05, 0.1) is 17.9 Å². The van der Waals surface area contributed by atoms with Gasteiger partial charge < -0.3 is 5.11 Å². The molecule has 4 aliphatic rings. The number of carboxylic acid groups (broad SMARTS) is 1. The Labute approximate surface area is 95.4 Å². The van der Waals surface area contributed by atoms with E-state index in [4.69, 9.17) is 5.11 Å². The van der Waals surface area contributed by atoms with Gasteiger partial charge in [-0.05, 0) is 55.8 Å². The summed E-state index contributed by atoms with van der Waals surface area (Å²) in [5.74, 6) is 0.770. The van der Waals surface area contributed by atoms with E-state index in [1.165, 1.54) is 6.42 Å². The molecule has 0 radical (unpaired) electrons. The van der Waals surface area contributed by atoms with Crippen LogP contribution >= 0.6 is 0 Å². The van der Waals surface area contributed by atoms with Crippen LogP contribution in [-0.4, -0.2) is 11.1 Å². The lowest BCUT2D eigenvalue weighted by Gasteiger charge is -2.65. The Kier molecular flexibility index (Phi) is 1.90. The predicted molar refractivity (Wildman–Crippen MR) is 57.4 cm³/mol. The van der Waals surface area contributed by atoms with Gasteiger partial charge in [-0.25, -0.2) is 0 Å². The van der Waals surface area contributed by atoms with Gasteiger partial charge in [-0.15, -0.1) is 0 Å². The number of hydrogen-bond donors (Lipinski definition) is 1. The van der Waals surface area contributed by atoms with Gasteiger partial charge in [0.2, 0.25) is 0 Å². The van der Waals surface area contributed by atoms with Crippen molar-refractivity contribution in [1.29, 1.82) is 5.26 Å². The Bertz CT molecular complexity index is 378. The average molecular weight is 219 g/mol. The van der Waals surface area contributed by atoms with Crippen molar-refractivity contribution in [3.8, 4) is 6.07 Å². The van der Waals surface area contributed by atoms with Crippen molar-refractivity contribution in [2.75, 3.05) is 0 Å². The number of nitrogens with zero attached hydrogens (tertiary/aromatic N) is 1. The second-order valence-electron chi connectivity index (χ2n) is 6.16. The van der Waals surface area contributed by atoms with Crippen LogP contribution in [0.5, 0.6) is 0 Å². The molecule has 0 aromatic carbocycles. The molecule has 4 fully saturated rings. The molecule has 3 bridgehead atoms. The van der Waals surface area contributed by atoms with Crippen LogP contribution in [0.3, 0.4) is 0 Å². The number of carbonyl (C=O) groups is 1. The SMILES string of the molecule is N#CC1(CC(=O)O)CCC2CC3CC1(C2)C3. The maximum absolute atomic E-state index is 11.0. The van der Waals surface area contributed by atoms with Gasteiger partial charge in [0, 0.05) is 0 Å². The van der Waals surface area contributed by atoms with Crippen LogP contribution in [0, 0.1) is 34.0 Å². The number of rotatable bonds is 2. The quantitative estimate of drug-likeness (QED) is 0.776. The zero-order chi connectivity index (χ0) is 11.4. The Morgan fingerprint density at radius 1 is 1.38 bits per heavy atom. The molecule has 0 heterocycles. The van der Waals surface area contributed by atoms with Gasteiger partial charge in [0.1, 0.15) is 0 Å². The highest BCUT2D eigenvalue weighted by atomic mass is 16.4. The summed E-state index contributed by atoms with van der Waals surface area (Å²) in [7, 11) is 0. The van der Waals surface area contributed by atoms with E-state index in [2.05, 4.69) is 6.07 Å². The van der Waals surface area contributed by atoms with Crippen molar-refractivity contribution < 1.29 is 9.90 Å². The minimum absolute atomic E-state index is 0.0585. The monoisotopic (exact) mass is 219 g/mol. The van der Waals surface area contributed by atoms with Gasteiger partial charge in [0.25, 0.3) is 0 Å². The summed E-state index contributed by atoms with van der Waals surface area (Å²) < 4.78 is 0. The summed E-state index contributed by atoms with van der Waals surface area (Å²) in [5.41, 5.74) is -0.474. The second-order valence-corrected chi connectivity index (χ2v) is 6.16. The minimum atomic E-state index is -0.802. The second kappa shape index (κ2) is 3.00. The van der Waals surface area contributed by atoms with Crippen LogP contribution in [0.15, 0.2) is 0 Å². The molecule has 0 aliphatic heterocycles. The van der Waals surface area contributed by atoms with Crippen LogP contribution in [0.25, 0.3) is 0 Å². The standard InChI is InChI=1S/C13H17NO2/c14-8-12(7-11(15)16)2-1-9-3-10-5-13(12,4-9)6-10/h9-10H,1-7H2,(H,15,16). The zero-order valence-electron chi connectivity index (χ0n) is 9.41. The maximum Gasteiger partial charge on any atom is 0.304 e. The molecule has 16 heavy (non-hydrogen) atoms. The largest absolute Gasteiger partial charge is 0.481 e. The van der Waals surface area contributed by atoms with E-state index < -0.39 is 11.4 Å². The fourth-order valence-corrected chi connectivity index (χ4v) is 4.76. The van der Waals surface area contributed by atoms with Crippen molar-refractivity contribution in [3.63, 3.8) is 0 Å². The van der Waals surface area contributed by atoms with Gasteiger partial charge in [-0.3, -0.25) is 4.79 Å². The van der Waals surface area contributed by atoms with E-state index in [0.717, 1.165) is 43.9 Å². The highest BCUT2D eigenvalue weighted by Gasteiger charge is 2.64. The van der Waals surface area contributed by atoms with Crippen LogP contribution in [-0.2, 0) is 4.79 Å². The molecule has 86 valence electrons. The van der Waals surface area contributed by atoms with Crippen molar-refractivity contribution in [1.82, 2.24) is 0 Å². The normalized spacial score (nSPS) is 48.9. The van der Waals surface area contributed by atoms with Gasteiger partial charge in [0.15, 0.2) is 0 Å². The Hall–Kier alpha value is -1.04. The van der Waals surface area contributed by atoms with Gasteiger partial charge in [-0.2, -0.15) is 5.26 Å². The summed E-state index contributed by atoms with van der Waals surface area (Å²) in [5, 5.41) is 18.5. The van der Waals surface area contributed by atoms with E-state index in [0.29, 0.717) is 0 Å². The fourth-order valence-electron chi connectivity index (χ4n) is 4.76. The maximum atomic E-state index is 11.0. The molecule has 1 spiro atoms. The van der Waals surface area contributed by atoms with E-state index in [9.17, 15) is 10.1 Å². The Morgan fingerprint density at radius 2 is 2.06 bits per heavy atom. The minimum Gasteiger partial charge on any atom is -0.481 e. The Balaban J connectivity index is 1.94. The molecule has 1 N–H and O–H groups in total. The van der Waals surface area contributed by atoms with Crippen molar-refractivity contribution >= 4 is 5.97 Å². The molecule has 0 aromatic rings. The first-order valence-corrected chi connectivity index (χ1v) is 6.22. The molecule has 0 amide bonds. The highest BCUT2D eigenvalue weighted by molar-refractivity contribution is 5.68. The van der Waals surface area contributed by atoms with Crippen LogP contribution in [0.2, 0.25) is 0 Å². The molecule has 3 heteroatoms. The van der Waals surface area contributed by atoms with Crippen molar-refractivity contribution in [2.45, 2.75) is 44.9 Å². The van der Waals surface area contributed by atoms with Crippen LogP contribution < -0.4 is 0 Å². The topological polar surface area (TPSA) is 61.1 Å². The zero-order valence-corrected chi connectivity index (χ0v) is 9.41. The van der Waals surface area contributed by atoms with Crippen molar-refractivity contribution in [3.05, 3.63) is 0 Å². The summed E-state index contributed by atoms with van der Waals surface area (Å²) in [6, 6.07) is 2.40. The third-order valence-electron chi connectivity index (χ3n) is 5.37. The average Bonchev–Trinajstić information content (AvgIpc) is 2.21. The summed E-state index contributed by atoms with van der Waals surface area (Å²) in [6.07, 6.45) is 6.62. The molecule has 2 unspecified atom stereocenters. The fraction of sp³-hybridized carbons (Fsp3) is 0.846. The summed E-state index contributed by atoms with van der Waals surface area (Å²) in [4.78, 5) is 11.0. The smallest absolute Gasteiger partial charge is 0.304 e. The number of hydrogen-bond acceptors (Lipinski definition) is 2. The molecule has 0 saturated heterocycles. The van der Waals surface area contributed by atoms with Gasteiger partial charge >= 0.3 is 5.97 Å². The first kappa shape index (κ1) is 10.1. The first-order chi connectivity index (χ1) is 7.59. The molecule has 4 rings (SSSR count). The molecule has 4 saturated carbocycles. The molecule has 3 nitrogen and oxygen atoms in total. The highest BCUT2D eigenvalue weighted by Crippen LogP contribution is 2.71. The molecular weight excluding hydrogens is 202 g/mol. The van der Waals surface area contributed by atoms with E-state index in [1.54, 1.807) is 0 Å². The summed E-state index contributed by atoms with van der Waals surface area (Å²) in [6.45, 7) is 0. The lowest BCUT2D eigenvalue weighted by Crippen LogP contribution is -2.58. The Morgan fingerprint density at radius 3 is 2.69 bits per heavy atom. The lowest BCUT2D eigenvalue weighted by atomic mass is 9.38. The number of aliphatic carboxylic acids is 1. The van der Waals surface area contributed by atoms with E-state index >= 15 is 0 Å². The number of nitriles is 1. The molecule has 0 aromatic heterocycles.